The van der Waals surface area contributed by atoms with E-state index in [-0.39, 0.29) is 23.7 Å². The Kier molecular flexibility index (Phi) is 3.76. The molecule has 1 aliphatic heterocycles. The summed E-state index contributed by atoms with van der Waals surface area (Å²) in [5.41, 5.74) is 3.09. The number of imide groups is 1. The maximum Gasteiger partial charge on any atom is 0.239 e. The predicted molar refractivity (Wildman–Crippen MR) is 95.0 cm³/mol. The van der Waals surface area contributed by atoms with E-state index in [2.05, 4.69) is 17.1 Å². The first kappa shape index (κ1) is 15.5. The molecule has 1 saturated carbocycles. The highest BCUT2D eigenvalue weighted by atomic mass is 32.1. The molecule has 1 aliphatic carbocycles. The van der Waals surface area contributed by atoms with E-state index in [0.717, 1.165) is 41.8 Å². The Hall–Kier alpha value is -2.01. The van der Waals surface area contributed by atoms with Crippen molar-refractivity contribution in [2.24, 2.45) is 11.8 Å². The van der Waals surface area contributed by atoms with Crippen LogP contribution in [0, 0.1) is 25.7 Å². The molecule has 24 heavy (non-hydrogen) atoms. The van der Waals surface area contributed by atoms with E-state index < -0.39 is 0 Å². The Labute approximate surface area is 145 Å². The number of benzene rings is 1. The molecule has 2 fully saturated rings. The summed E-state index contributed by atoms with van der Waals surface area (Å²) >= 11 is 1.44. The molecule has 4 rings (SSSR count). The molecule has 2 aliphatic rings. The summed E-state index contributed by atoms with van der Waals surface area (Å²) in [4.78, 5) is 32.5. The highest BCUT2D eigenvalue weighted by Gasteiger charge is 2.49. The maximum absolute atomic E-state index is 12.7. The van der Waals surface area contributed by atoms with Gasteiger partial charge in [-0.15, -0.1) is 11.3 Å². The molecule has 1 aromatic carbocycles. The summed E-state index contributed by atoms with van der Waals surface area (Å²) < 4.78 is 0. The first-order chi connectivity index (χ1) is 11.6. The Morgan fingerprint density at radius 3 is 2.17 bits per heavy atom. The summed E-state index contributed by atoms with van der Waals surface area (Å²) in [6.07, 6.45) is 3.75. The number of carbonyl (C=O) groups excluding carboxylic acids is 2. The van der Waals surface area contributed by atoms with Crippen molar-refractivity contribution in [1.29, 1.82) is 0 Å². The fraction of sp³-hybridized carbons (Fsp3) is 0.421. The fourth-order valence-corrected chi connectivity index (χ4v) is 4.75. The second-order valence-corrected chi connectivity index (χ2v) is 7.96. The Morgan fingerprint density at radius 1 is 1.00 bits per heavy atom. The van der Waals surface area contributed by atoms with Gasteiger partial charge in [-0.3, -0.25) is 9.59 Å². The minimum absolute atomic E-state index is 0.0473. The second kappa shape index (κ2) is 5.81. The number of aromatic nitrogens is 1. The molecule has 0 spiro atoms. The van der Waals surface area contributed by atoms with E-state index in [0.29, 0.717) is 5.13 Å². The zero-order chi connectivity index (χ0) is 16.8. The number of aryl methyl sites for hydroxylation is 2. The van der Waals surface area contributed by atoms with Gasteiger partial charge in [0.05, 0.1) is 17.5 Å². The second-order valence-electron chi connectivity index (χ2n) is 6.78. The van der Waals surface area contributed by atoms with Crippen LogP contribution >= 0.6 is 11.3 Å². The van der Waals surface area contributed by atoms with Crippen LogP contribution in [-0.4, -0.2) is 16.8 Å². The van der Waals surface area contributed by atoms with Gasteiger partial charge in [-0.05, 0) is 26.7 Å². The lowest BCUT2D eigenvalue weighted by atomic mass is 9.81. The minimum atomic E-state index is -0.127. The van der Waals surface area contributed by atoms with E-state index in [1.165, 1.54) is 21.8 Å². The van der Waals surface area contributed by atoms with E-state index in [4.69, 9.17) is 0 Å². The molecule has 2 heterocycles. The summed E-state index contributed by atoms with van der Waals surface area (Å²) in [6.45, 7) is 4.04. The van der Waals surface area contributed by atoms with Crippen LogP contribution in [0.4, 0.5) is 5.13 Å². The van der Waals surface area contributed by atoms with Crippen LogP contribution in [0.1, 0.15) is 36.1 Å². The zero-order valence-electron chi connectivity index (χ0n) is 13.9. The monoisotopic (exact) mass is 340 g/mol. The molecule has 1 saturated heterocycles. The van der Waals surface area contributed by atoms with E-state index in [1.54, 1.807) is 0 Å². The normalized spacial score (nSPS) is 23.7. The molecule has 2 atom stereocenters. The number of hydrogen-bond acceptors (Lipinski definition) is 4. The topological polar surface area (TPSA) is 50.3 Å². The molecule has 0 radical (unpaired) electrons. The lowest BCUT2D eigenvalue weighted by Crippen LogP contribution is -2.30. The zero-order valence-corrected chi connectivity index (χ0v) is 14.7. The molecular weight excluding hydrogens is 320 g/mol. The molecule has 0 N–H and O–H groups in total. The lowest BCUT2D eigenvalue weighted by molar-refractivity contribution is -0.122. The minimum Gasteiger partial charge on any atom is -0.274 e. The molecule has 0 bridgehead atoms. The van der Waals surface area contributed by atoms with Crippen molar-refractivity contribution in [3.8, 4) is 11.3 Å². The van der Waals surface area contributed by atoms with Crippen LogP contribution in [0.5, 0.6) is 0 Å². The van der Waals surface area contributed by atoms with Gasteiger partial charge in [0.25, 0.3) is 0 Å². The van der Waals surface area contributed by atoms with Crippen molar-refractivity contribution in [3.05, 3.63) is 34.7 Å². The average Bonchev–Trinajstić information content (AvgIpc) is 3.07. The summed E-state index contributed by atoms with van der Waals surface area (Å²) in [5, 5.41) is 0.535. The van der Waals surface area contributed by atoms with Gasteiger partial charge in [-0.1, -0.05) is 42.7 Å². The third kappa shape index (κ3) is 2.38. The average molecular weight is 340 g/mol. The van der Waals surface area contributed by atoms with Crippen molar-refractivity contribution >= 4 is 28.3 Å². The largest absolute Gasteiger partial charge is 0.274 e. The van der Waals surface area contributed by atoms with Gasteiger partial charge in [0.15, 0.2) is 5.13 Å². The molecule has 0 unspecified atom stereocenters. The maximum atomic E-state index is 12.7. The van der Waals surface area contributed by atoms with E-state index in [9.17, 15) is 9.59 Å². The van der Waals surface area contributed by atoms with Gasteiger partial charge in [0.2, 0.25) is 11.8 Å². The van der Waals surface area contributed by atoms with Crippen LogP contribution < -0.4 is 4.90 Å². The smallest absolute Gasteiger partial charge is 0.239 e. The van der Waals surface area contributed by atoms with Gasteiger partial charge < -0.3 is 0 Å². The van der Waals surface area contributed by atoms with Gasteiger partial charge >= 0.3 is 0 Å². The molecule has 124 valence electrons. The number of anilines is 1. The Bertz CT molecular complexity index is 785. The van der Waals surface area contributed by atoms with E-state index >= 15 is 0 Å². The van der Waals surface area contributed by atoms with Crippen LogP contribution in [0.15, 0.2) is 24.3 Å². The third-order valence-corrected chi connectivity index (χ3v) is 6.10. The lowest BCUT2D eigenvalue weighted by Gasteiger charge is -2.19. The first-order valence-corrected chi connectivity index (χ1v) is 9.30. The van der Waals surface area contributed by atoms with Crippen LogP contribution in [-0.2, 0) is 9.59 Å². The van der Waals surface area contributed by atoms with Gasteiger partial charge in [-0.25, -0.2) is 9.88 Å². The standard InChI is InChI=1S/C19H20N2O2S/c1-11-7-9-13(10-8-11)16-12(2)24-19(20-16)21-17(22)14-5-3-4-6-15(14)18(21)23/h7-10,14-15H,3-6H2,1-2H3/t14-,15-/m1/s1. The molecule has 4 nitrogen and oxygen atoms in total. The highest BCUT2D eigenvalue weighted by Crippen LogP contribution is 2.42. The summed E-state index contributed by atoms with van der Waals surface area (Å²) in [7, 11) is 0. The third-order valence-electron chi connectivity index (χ3n) is 5.14. The van der Waals surface area contributed by atoms with Gasteiger partial charge in [0, 0.05) is 10.4 Å². The van der Waals surface area contributed by atoms with Crippen LogP contribution in [0.25, 0.3) is 11.3 Å². The van der Waals surface area contributed by atoms with Crippen molar-refractivity contribution in [2.75, 3.05) is 4.90 Å². The highest BCUT2D eigenvalue weighted by molar-refractivity contribution is 7.16. The summed E-state index contributed by atoms with van der Waals surface area (Å²) in [5.74, 6) is -0.348. The number of rotatable bonds is 2. The first-order valence-electron chi connectivity index (χ1n) is 8.48. The number of fused-ring (bicyclic) bond motifs is 1. The number of thiazole rings is 1. The SMILES string of the molecule is Cc1ccc(-c2nc(N3C(=O)[C@@H]4CCCC[C@H]4C3=O)sc2C)cc1. The van der Waals surface area contributed by atoms with E-state index in [1.807, 2.05) is 26.0 Å². The van der Waals surface area contributed by atoms with Crippen molar-refractivity contribution < 1.29 is 9.59 Å². The van der Waals surface area contributed by atoms with Crippen LogP contribution in [0.2, 0.25) is 0 Å². The number of carbonyl (C=O) groups is 2. The number of hydrogen-bond donors (Lipinski definition) is 0. The predicted octanol–water partition coefficient (Wildman–Crippen LogP) is 4.11. The molecule has 2 amide bonds. The molecule has 5 heteroatoms. The van der Waals surface area contributed by atoms with Crippen molar-refractivity contribution in [1.82, 2.24) is 4.98 Å². The summed E-state index contributed by atoms with van der Waals surface area (Å²) in [6, 6.07) is 8.17. The molecule has 1 aromatic heterocycles. The quantitative estimate of drug-likeness (QED) is 0.773. The Balaban J connectivity index is 1.70. The Morgan fingerprint density at radius 2 is 1.58 bits per heavy atom. The van der Waals surface area contributed by atoms with Gasteiger partial charge in [0.1, 0.15) is 0 Å². The number of nitrogens with zero attached hydrogens (tertiary/aromatic N) is 2. The molecule has 2 aromatic rings. The number of amides is 2. The van der Waals surface area contributed by atoms with Crippen molar-refractivity contribution in [3.63, 3.8) is 0 Å². The van der Waals surface area contributed by atoms with Crippen molar-refractivity contribution in [2.45, 2.75) is 39.5 Å². The van der Waals surface area contributed by atoms with Crippen LogP contribution in [0.3, 0.4) is 0 Å². The fourth-order valence-electron chi connectivity index (χ4n) is 3.81. The van der Waals surface area contributed by atoms with Gasteiger partial charge in [-0.2, -0.15) is 0 Å². The molecular formula is C19H20N2O2S.